The van der Waals surface area contributed by atoms with Crippen LogP contribution in [-0.4, -0.2) is 37.2 Å². The summed E-state index contributed by atoms with van der Waals surface area (Å²) in [5.41, 5.74) is 0. The first-order chi connectivity index (χ1) is 37.0. The molecule has 0 N–H and O–H groups in total. The van der Waals surface area contributed by atoms with E-state index in [4.69, 9.17) is 14.2 Å². The van der Waals surface area contributed by atoms with Crippen LogP contribution in [-0.2, 0) is 28.6 Å². The van der Waals surface area contributed by atoms with Gasteiger partial charge < -0.3 is 14.2 Å². The highest BCUT2D eigenvalue weighted by Gasteiger charge is 2.19. The van der Waals surface area contributed by atoms with Crippen molar-refractivity contribution in [2.24, 2.45) is 0 Å². The second-order valence-electron chi connectivity index (χ2n) is 19.9. The molecule has 1 unspecified atom stereocenters. The molecule has 0 aliphatic heterocycles. The highest BCUT2D eigenvalue weighted by molar-refractivity contribution is 5.72. The van der Waals surface area contributed by atoms with Gasteiger partial charge in [-0.15, -0.1) is 0 Å². The molecule has 424 valence electrons. The van der Waals surface area contributed by atoms with Crippen molar-refractivity contribution in [2.75, 3.05) is 13.2 Å². The molecule has 0 saturated carbocycles. The number of hydrogen-bond acceptors (Lipinski definition) is 6. The minimum atomic E-state index is -0.840. The first kappa shape index (κ1) is 70.5. The van der Waals surface area contributed by atoms with Crippen LogP contribution in [0.1, 0.15) is 265 Å². The highest BCUT2D eigenvalue weighted by atomic mass is 16.6. The molecule has 0 aromatic heterocycles. The van der Waals surface area contributed by atoms with Gasteiger partial charge >= 0.3 is 17.9 Å². The summed E-state index contributed by atoms with van der Waals surface area (Å²) in [6.07, 6.45) is 87.7. The molecule has 0 fully saturated rings. The van der Waals surface area contributed by atoms with Crippen LogP contribution in [0, 0.1) is 0 Å². The molecule has 6 heteroatoms. The summed E-state index contributed by atoms with van der Waals surface area (Å²) in [4.78, 5) is 38.1. The van der Waals surface area contributed by atoms with Gasteiger partial charge in [0.25, 0.3) is 0 Å². The summed E-state index contributed by atoms with van der Waals surface area (Å²) in [5.74, 6) is -1.06. The third-order valence-electron chi connectivity index (χ3n) is 12.7. The van der Waals surface area contributed by atoms with E-state index in [2.05, 4.69) is 142 Å². The molecule has 0 aliphatic carbocycles. The molecule has 0 amide bonds. The fraction of sp³-hybridized carbons (Fsp3) is 0.638. The standard InChI is InChI=1S/C69H112O6/c1-4-7-10-13-16-19-22-25-27-28-29-30-31-32-33-34-35-36-37-38-39-40-42-44-47-50-53-56-59-62-68(71)74-65-66(64-73-67(70)61-58-55-52-49-46-43-24-21-18-15-12-9-6-3)75-69(72)63-60-57-54-51-48-45-41-26-23-20-17-14-11-8-5-2/h7-8,10-11,16-17,19-21,24-27,29-30,32-33,41,48,51,57,60,66H,4-6,9,12-15,18,22-23,28,31,34-40,42-47,49-50,52-56,58-59,61-65H2,1-3H3/b10-7-,11-8-,19-16-,20-17-,24-21-,27-25-,30-29-,33-32-,41-26-,51-48-,60-57-. The van der Waals surface area contributed by atoms with E-state index in [0.717, 1.165) is 109 Å². The summed E-state index contributed by atoms with van der Waals surface area (Å²) >= 11 is 0. The largest absolute Gasteiger partial charge is 0.462 e. The van der Waals surface area contributed by atoms with E-state index in [-0.39, 0.29) is 31.6 Å². The van der Waals surface area contributed by atoms with Gasteiger partial charge in [-0.25, -0.2) is 0 Å². The second kappa shape index (κ2) is 62.1. The van der Waals surface area contributed by atoms with E-state index in [0.29, 0.717) is 19.3 Å². The lowest BCUT2D eigenvalue weighted by Gasteiger charge is -2.18. The van der Waals surface area contributed by atoms with Crippen molar-refractivity contribution in [1.29, 1.82) is 0 Å². The summed E-state index contributed by atoms with van der Waals surface area (Å²) in [7, 11) is 0. The number of allylic oxidation sites excluding steroid dienone is 21. The van der Waals surface area contributed by atoms with E-state index in [1.54, 1.807) is 6.08 Å². The lowest BCUT2D eigenvalue weighted by molar-refractivity contribution is -0.166. The van der Waals surface area contributed by atoms with E-state index in [1.807, 2.05) is 6.08 Å². The number of hydrogen-bond donors (Lipinski definition) is 0. The summed E-state index contributed by atoms with van der Waals surface area (Å²) in [6, 6.07) is 0. The Labute approximate surface area is 462 Å². The molecule has 0 rings (SSSR count). The molecule has 0 spiro atoms. The Kier molecular flexibility index (Phi) is 58.4. The van der Waals surface area contributed by atoms with Gasteiger partial charge in [-0.2, -0.15) is 0 Å². The summed E-state index contributed by atoms with van der Waals surface area (Å²) in [5, 5.41) is 0. The minimum absolute atomic E-state index is 0.0914. The van der Waals surface area contributed by atoms with Crippen LogP contribution >= 0.6 is 0 Å². The molecule has 0 aromatic rings. The third-order valence-corrected chi connectivity index (χ3v) is 12.7. The fourth-order valence-electron chi connectivity index (χ4n) is 8.13. The molecule has 0 aromatic carbocycles. The van der Waals surface area contributed by atoms with Gasteiger partial charge in [0.1, 0.15) is 13.2 Å². The average molecular weight is 1040 g/mol. The molecule has 0 aliphatic rings. The first-order valence-corrected chi connectivity index (χ1v) is 30.7. The monoisotopic (exact) mass is 1040 g/mol. The van der Waals surface area contributed by atoms with Gasteiger partial charge in [-0.3, -0.25) is 14.4 Å². The predicted octanol–water partition coefficient (Wildman–Crippen LogP) is 21.0. The molecule has 1 atom stereocenters. The maximum atomic E-state index is 12.8. The van der Waals surface area contributed by atoms with Crippen LogP contribution in [0.15, 0.2) is 134 Å². The summed E-state index contributed by atoms with van der Waals surface area (Å²) < 4.78 is 16.8. The van der Waals surface area contributed by atoms with E-state index < -0.39 is 12.1 Å². The summed E-state index contributed by atoms with van der Waals surface area (Å²) in [6.45, 7) is 6.30. The fourth-order valence-corrected chi connectivity index (χ4v) is 8.13. The van der Waals surface area contributed by atoms with Gasteiger partial charge in [-0.05, 0) is 116 Å². The number of rotatable bonds is 54. The van der Waals surface area contributed by atoms with E-state index in [1.165, 1.54) is 109 Å². The molecule has 75 heavy (non-hydrogen) atoms. The zero-order valence-corrected chi connectivity index (χ0v) is 48.5. The molecule has 0 saturated heterocycles. The van der Waals surface area contributed by atoms with Gasteiger partial charge in [0.15, 0.2) is 6.10 Å². The smallest absolute Gasteiger partial charge is 0.310 e. The van der Waals surface area contributed by atoms with Crippen LogP contribution in [0.5, 0.6) is 0 Å². The molecule has 0 radical (unpaired) electrons. The van der Waals surface area contributed by atoms with Gasteiger partial charge in [0.05, 0.1) is 6.42 Å². The molecular formula is C69H112O6. The van der Waals surface area contributed by atoms with E-state index in [9.17, 15) is 14.4 Å². The number of carbonyl (C=O) groups is 3. The SMILES string of the molecule is CC/C=C\C/C=C\C/C=C\C/C=C\C/C=C\CCCCCCCCCCCCCCCC(=O)OCC(COC(=O)CCCCCCC/C=C\CCCCCC)OC(=O)C/C=C\C/C=C\C/C=C\C/C=C\C/C=C\CC. The maximum absolute atomic E-state index is 12.8. The van der Waals surface area contributed by atoms with Crippen molar-refractivity contribution >= 4 is 17.9 Å². The zero-order chi connectivity index (χ0) is 54.3. The average Bonchev–Trinajstić information content (AvgIpc) is 3.41. The van der Waals surface area contributed by atoms with Crippen LogP contribution in [0.4, 0.5) is 0 Å². The van der Waals surface area contributed by atoms with Crippen molar-refractivity contribution in [3.8, 4) is 0 Å². The normalized spacial score (nSPS) is 13.1. The Morgan fingerprint density at radius 1 is 0.293 bits per heavy atom. The third kappa shape index (κ3) is 60.3. The number of carbonyl (C=O) groups excluding carboxylic acids is 3. The van der Waals surface area contributed by atoms with E-state index >= 15 is 0 Å². The van der Waals surface area contributed by atoms with Gasteiger partial charge in [-0.1, -0.05) is 264 Å². The molecule has 6 nitrogen and oxygen atoms in total. The molecule has 0 bridgehead atoms. The van der Waals surface area contributed by atoms with Gasteiger partial charge in [0, 0.05) is 12.8 Å². The van der Waals surface area contributed by atoms with Crippen molar-refractivity contribution in [1.82, 2.24) is 0 Å². The minimum Gasteiger partial charge on any atom is -0.462 e. The van der Waals surface area contributed by atoms with Crippen LogP contribution in [0.2, 0.25) is 0 Å². The second-order valence-corrected chi connectivity index (χ2v) is 19.9. The lowest BCUT2D eigenvalue weighted by Crippen LogP contribution is -2.30. The number of ether oxygens (including phenoxy) is 3. The Bertz CT molecular complexity index is 1620. The first-order valence-electron chi connectivity index (χ1n) is 30.7. The highest BCUT2D eigenvalue weighted by Crippen LogP contribution is 2.15. The van der Waals surface area contributed by atoms with Crippen LogP contribution in [0.3, 0.4) is 0 Å². The Morgan fingerprint density at radius 3 is 0.893 bits per heavy atom. The van der Waals surface area contributed by atoms with Gasteiger partial charge in [0.2, 0.25) is 0 Å². The van der Waals surface area contributed by atoms with Crippen LogP contribution in [0.25, 0.3) is 0 Å². The van der Waals surface area contributed by atoms with Crippen molar-refractivity contribution < 1.29 is 28.6 Å². The Balaban J connectivity index is 4.33. The van der Waals surface area contributed by atoms with Crippen molar-refractivity contribution in [3.63, 3.8) is 0 Å². The zero-order valence-electron chi connectivity index (χ0n) is 48.5. The Hall–Kier alpha value is -4.45. The lowest BCUT2D eigenvalue weighted by atomic mass is 10.0. The van der Waals surface area contributed by atoms with Crippen LogP contribution < -0.4 is 0 Å². The topological polar surface area (TPSA) is 78.9 Å². The molecule has 0 heterocycles. The number of esters is 3. The quantitative estimate of drug-likeness (QED) is 0.0261. The Morgan fingerprint density at radius 2 is 0.560 bits per heavy atom. The van der Waals surface area contributed by atoms with Crippen molar-refractivity contribution in [2.45, 2.75) is 271 Å². The maximum Gasteiger partial charge on any atom is 0.310 e. The number of unbranched alkanes of at least 4 members (excludes halogenated alkanes) is 22. The van der Waals surface area contributed by atoms with Crippen molar-refractivity contribution in [3.05, 3.63) is 134 Å². The predicted molar refractivity (Wildman–Crippen MR) is 325 cm³/mol. The molecular weight excluding hydrogens is 925 g/mol.